The van der Waals surface area contributed by atoms with E-state index < -0.39 is 0 Å². The molecule has 0 heterocycles. The van der Waals surface area contributed by atoms with Gasteiger partial charge in [-0.05, 0) is 55.7 Å². The minimum Gasteiger partial charge on any atom is -0.393 e. The fraction of sp³-hybridized carbons (Fsp3) is 0.588. The van der Waals surface area contributed by atoms with Gasteiger partial charge in [-0.3, -0.25) is 0 Å². The number of carbonyl (C=O) groups is 1. The van der Waals surface area contributed by atoms with Crippen molar-refractivity contribution in [3.8, 4) is 0 Å². The lowest BCUT2D eigenvalue weighted by molar-refractivity contribution is 0.163. The Kier molecular flexibility index (Phi) is 6.09. The van der Waals surface area contributed by atoms with E-state index in [0.717, 1.165) is 18.4 Å². The van der Waals surface area contributed by atoms with Crippen LogP contribution in [0.5, 0.6) is 0 Å². The lowest BCUT2D eigenvalue weighted by Gasteiger charge is -2.20. The molecule has 1 saturated carbocycles. The normalized spacial score (nSPS) is 18.4. The second kappa shape index (κ2) is 7.84. The van der Waals surface area contributed by atoms with Gasteiger partial charge in [0.25, 0.3) is 0 Å². The van der Waals surface area contributed by atoms with Crippen molar-refractivity contribution in [2.24, 2.45) is 11.8 Å². The lowest BCUT2D eigenvalue weighted by Crippen LogP contribution is -2.40. The Balaban J connectivity index is 1.86. The Bertz CT molecular complexity index is 486. The number of nitrogens with one attached hydrogen (secondary N) is 2. The number of hydrogen-bond acceptors (Lipinski definition) is 2. The van der Waals surface area contributed by atoms with Crippen molar-refractivity contribution in [2.45, 2.75) is 45.3 Å². The molecule has 1 aliphatic rings. The van der Waals surface area contributed by atoms with E-state index in [4.69, 9.17) is 11.6 Å². The number of aliphatic hydroxyl groups excluding tert-OH is 1. The highest BCUT2D eigenvalue weighted by Gasteiger charge is 2.33. The van der Waals surface area contributed by atoms with Gasteiger partial charge in [-0.1, -0.05) is 30.7 Å². The van der Waals surface area contributed by atoms with Gasteiger partial charge in [0.2, 0.25) is 0 Å². The first-order chi connectivity index (χ1) is 10.5. The molecule has 1 aliphatic carbocycles. The van der Waals surface area contributed by atoms with E-state index >= 15 is 0 Å². The molecule has 0 aliphatic heterocycles. The SMILES string of the molecule is CC(O)CC(C)CNC(=O)NC(c1ccc(Cl)cc1)C1CC1. The first kappa shape index (κ1) is 17.1. The molecule has 2 amide bonds. The van der Waals surface area contributed by atoms with Crippen LogP contribution < -0.4 is 10.6 Å². The van der Waals surface area contributed by atoms with E-state index in [1.807, 2.05) is 31.2 Å². The van der Waals surface area contributed by atoms with Crippen LogP contribution in [0.25, 0.3) is 0 Å². The molecule has 0 aromatic heterocycles. The maximum absolute atomic E-state index is 12.1. The number of hydrogen-bond donors (Lipinski definition) is 3. The largest absolute Gasteiger partial charge is 0.393 e. The third kappa shape index (κ3) is 5.50. The van der Waals surface area contributed by atoms with Gasteiger partial charge in [0, 0.05) is 11.6 Å². The van der Waals surface area contributed by atoms with Crippen molar-refractivity contribution in [3.63, 3.8) is 0 Å². The summed E-state index contributed by atoms with van der Waals surface area (Å²) in [5, 5.41) is 16.0. The average Bonchev–Trinajstić information content (AvgIpc) is 3.27. The third-order valence-corrected chi connectivity index (χ3v) is 4.22. The van der Waals surface area contributed by atoms with E-state index in [1.165, 1.54) is 0 Å². The van der Waals surface area contributed by atoms with Gasteiger partial charge >= 0.3 is 6.03 Å². The molecule has 0 bridgehead atoms. The van der Waals surface area contributed by atoms with Gasteiger partial charge in [0.05, 0.1) is 12.1 Å². The molecule has 2 rings (SSSR count). The molecule has 122 valence electrons. The Labute approximate surface area is 137 Å². The molecular weight excluding hydrogens is 300 g/mol. The smallest absolute Gasteiger partial charge is 0.315 e. The van der Waals surface area contributed by atoms with Crippen molar-refractivity contribution in [1.29, 1.82) is 0 Å². The van der Waals surface area contributed by atoms with E-state index in [2.05, 4.69) is 10.6 Å². The predicted molar refractivity (Wildman–Crippen MR) is 88.9 cm³/mol. The van der Waals surface area contributed by atoms with Crippen LogP contribution in [0.15, 0.2) is 24.3 Å². The standard InChI is InChI=1S/C17H25ClN2O2/c1-11(9-12(2)21)10-19-17(22)20-16(13-3-4-13)14-5-7-15(18)8-6-14/h5-8,11-13,16,21H,3-4,9-10H2,1-2H3,(H2,19,20,22). The highest BCUT2D eigenvalue weighted by atomic mass is 35.5. The fourth-order valence-electron chi connectivity index (χ4n) is 2.70. The Morgan fingerprint density at radius 3 is 2.50 bits per heavy atom. The first-order valence-electron chi connectivity index (χ1n) is 7.93. The van der Waals surface area contributed by atoms with Crippen molar-refractivity contribution in [3.05, 3.63) is 34.9 Å². The number of benzene rings is 1. The zero-order chi connectivity index (χ0) is 16.1. The minimum absolute atomic E-state index is 0.0457. The molecule has 3 N–H and O–H groups in total. The number of amides is 2. The van der Waals surface area contributed by atoms with Crippen LogP contribution >= 0.6 is 11.6 Å². The molecule has 1 aromatic rings. The second-order valence-electron chi connectivity index (χ2n) is 6.41. The van der Waals surface area contributed by atoms with Crippen molar-refractivity contribution in [1.82, 2.24) is 10.6 Å². The molecule has 5 heteroatoms. The molecule has 3 atom stereocenters. The predicted octanol–water partition coefficient (Wildman–Crippen LogP) is 3.50. The van der Waals surface area contributed by atoms with Crippen molar-refractivity contribution < 1.29 is 9.90 Å². The average molecular weight is 325 g/mol. The van der Waals surface area contributed by atoms with Crippen LogP contribution in [0.2, 0.25) is 5.02 Å². The van der Waals surface area contributed by atoms with Crippen LogP contribution in [0, 0.1) is 11.8 Å². The highest BCUT2D eigenvalue weighted by Crippen LogP contribution is 2.41. The summed E-state index contributed by atoms with van der Waals surface area (Å²) in [6.07, 6.45) is 2.63. The molecule has 1 fully saturated rings. The quantitative estimate of drug-likeness (QED) is 0.719. The molecule has 3 unspecified atom stereocenters. The number of aliphatic hydroxyl groups is 1. The molecule has 1 aromatic carbocycles. The third-order valence-electron chi connectivity index (χ3n) is 3.96. The Hall–Kier alpha value is -1.26. The lowest BCUT2D eigenvalue weighted by atomic mass is 10.0. The molecule has 0 spiro atoms. The van der Waals surface area contributed by atoms with Crippen LogP contribution in [-0.2, 0) is 0 Å². The van der Waals surface area contributed by atoms with Gasteiger partial charge in [0.15, 0.2) is 0 Å². The summed E-state index contributed by atoms with van der Waals surface area (Å²) in [5.41, 5.74) is 1.10. The first-order valence-corrected chi connectivity index (χ1v) is 8.31. The monoisotopic (exact) mass is 324 g/mol. The summed E-state index contributed by atoms with van der Waals surface area (Å²) in [6.45, 7) is 4.35. The Morgan fingerprint density at radius 1 is 1.32 bits per heavy atom. The van der Waals surface area contributed by atoms with E-state index in [9.17, 15) is 9.90 Å². The number of carbonyl (C=O) groups excluding carboxylic acids is 1. The van der Waals surface area contributed by atoms with Crippen LogP contribution in [-0.4, -0.2) is 23.8 Å². The van der Waals surface area contributed by atoms with E-state index in [0.29, 0.717) is 23.9 Å². The number of halogens is 1. The summed E-state index contributed by atoms with van der Waals surface area (Å²) >= 11 is 5.92. The topological polar surface area (TPSA) is 61.4 Å². The van der Waals surface area contributed by atoms with Gasteiger partial charge in [0.1, 0.15) is 0 Å². The van der Waals surface area contributed by atoms with Gasteiger partial charge in [-0.2, -0.15) is 0 Å². The van der Waals surface area contributed by atoms with Crippen LogP contribution in [0.1, 0.15) is 44.7 Å². The zero-order valence-electron chi connectivity index (χ0n) is 13.2. The maximum atomic E-state index is 12.1. The molecule has 0 saturated heterocycles. The summed E-state index contributed by atoms with van der Waals surface area (Å²) in [7, 11) is 0. The summed E-state index contributed by atoms with van der Waals surface area (Å²) < 4.78 is 0. The molecule has 22 heavy (non-hydrogen) atoms. The maximum Gasteiger partial charge on any atom is 0.315 e. The van der Waals surface area contributed by atoms with Crippen molar-refractivity contribution >= 4 is 17.6 Å². The van der Waals surface area contributed by atoms with Gasteiger partial charge in [-0.25, -0.2) is 4.79 Å². The Morgan fingerprint density at radius 2 is 1.95 bits per heavy atom. The number of rotatable bonds is 7. The summed E-state index contributed by atoms with van der Waals surface area (Å²) in [6, 6.07) is 7.56. The van der Waals surface area contributed by atoms with Crippen molar-refractivity contribution in [2.75, 3.05) is 6.54 Å². The molecule has 0 radical (unpaired) electrons. The summed E-state index contributed by atoms with van der Waals surface area (Å²) in [5.74, 6) is 0.766. The second-order valence-corrected chi connectivity index (χ2v) is 6.85. The van der Waals surface area contributed by atoms with E-state index in [-0.39, 0.29) is 24.1 Å². The summed E-state index contributed by atoms with van der Waals surface area (Å²) in [4.78, 5) is 12.1. The van der Waals surface area contributed by atoms with Crippen LogP contribution in [0.4, 0.5) is 4.79 Å². The fourth-order valence-corrected chi connectivity index (χ4v) is 2.82. The minimum atomic E-state index is -0.340. The number of urea groups is 1. The van der Waals surface area contributed by atoms with Crippen LogP contribution in [0.3, 0.4) is 0 Å². The van der Waals surface area contributed by atoms with Gasteiger partial charge in [-0.15, -0.1) is 0 Å². The van der Waals surface area contributed by atoms with E-state index in [1.54, 1.807) is 6.92 Å². The highest BCUT2D eigenvalue weighted by molar-refractivity contribution is 6.30. The van der Waals surface area contributed by atoms with Gasteiger partial charge < -0.3 is 15.7 Å². The zero-order valence-corrected chi connectivity index (χ0v) is 13.9. The molecule has 4 nitrogen and oxygen atoms in total. The molecular formula is C17H25ClN2O2.